The van der Waals surface area contributed by atoms with Crippen molar-refractivity contribution in [1.82, 2.24) is 14.9 Å². The van der Waals surface area contributed by atoms with E-state index in [1.165, 1.54) is 18.4 Å². The van der Waals surface area contributed by atoms with Crippen molar-refractivity contribution in [3.05, 3.63) is 43.2 Å². The molecule has 0 saturated heterocycles. The molecule has 1 aromatic carbocycles. The maximum Gasteiger partial charge on any atom is 0.0958 e. The Labute approximate surface area is 115 Å². The van der Waals surface area contributed by atoms with Gasteiger partial charge in [-0.1, -0.05) is 25.1 Å². The fourth-order valence-corrected chi connectivity index (χ4v) is 2.45. The van der Waals surface area contributed by atoms with Crippen molar-refractivity contribution >= 4 is 11.0 Å². The number of fused-ring (bicyclic) bond motifs is 1. The molecule has 1 heterocycles. The number of nitrogens with one attached hydrogen (secondary N) is 1. The number of nitrogens with zero attached hydrogens (tertiary/aromatic N) is 2. The van der Waals surface area contributed by atoms with Gasteiger partial charge in [0.2, 0.25) is 0 Å². The Morgan fingerprint density at radius 2 is 2.26 bits per heavy atom. The number of rotatable bonds is 8. The Morgan fingerprint density at radius 1 is 1.42 bits per heavy atom. The summed E-state index contributed by atoms with van der Waals surface area (Å²) in [5, 5.41) is 3.56. The first-order valence-electron chi connectivity index (χ1n) is 7.09. The average molecular weight is 257 g/mol. The molecule has 3 heteroatoms. The van der Waals surface area contributed by atoms with Crippen molar-refractivity contribution in [2.75, 3.05) is 6.54 Å². The number of unbranched alkanes of at least 4 members (excludes halogenated alkanes) is 1. The number of benzene rings is 1. The molecule has 0 saturated carbocycles. The van der Waals surface area contributed by atoms with Crippen molar-refractivity contribution in [1.29, 1.82) is 0 Å². The van der Waals surface area contributed by atoms with E-state index in [1.54, 1.807) is 0 Å². The Morgan fingerprint density at radius 3 is 3.05 bits per heavy atom. The molecule has 1 unspecified atom stereocenters. The van der Waals surface area contributed by atoms with E-state index in [4.69, 9.17) is 0 Å². The van der Waals surface area contributed by atoms with Crippen molar-refractivity contribution < 1.29 is 0 Å². The van der Waals surface area contributed by atoms with E-state index < -0.39 is 0 Å². The first-order valence-corrected chi connectivity index (χ1v) is 7.09. The van der Waals surface area contributed by atoms with Crippen LogP contribution in [0.5, 0.6) is 0 Å². The molecule has 0 radical (unpaired) electrons. The number of allylic oxidation sites excluding steroid dienone is 1. The van der Waals surface area contributed by atoms with E-state index in [0.29, 0.717) is 6.04 Å². The molecule has 0 aliphatic carbocycles. The molecule has 2 rings (SSSR count). The SMILES string of the molecule is C=CCCCC(Cn1cnc2ccccc21)NCC. The number of para-hydroxylation sites is 2. The molecule has 0 spiro atoms. The number of hydrogen-bond donors (Lipinski definition) is 1. The van der Waals surface area contributed by atoms with Crippen molar-refractivity contribution in [3.63, 3.8) is 0 Å². The Hall–Kier alpha value is -1.61. The van der Waals surface area contributed by atoms with E-state index in [9.17, 15) is 0 Å². The van der Waals surface area contributed by atoms with Gasteiger partial charge in [-0.3, -0.25) is 0 Å². The number of hydrogen-bond acceptors (Lipinski definition) is 2. The van der Waals surface area contributed by atoms with Gasteiger partial charge in [-0.25, -0.2) is 4.98 Å². The van der Waals surface area contributed by atoms with Gasteiger partial charge in [-0.2, -0.15) is 0 Å². The van der Waals surface area contributed by atoms with Crippen LogP contribution in [0.3, 0.4) is 0 Å². The van der Waals surface area contributed by atoms with Gasteiger partial charge in [0, 0.05) is 12.6 Å². The maximum atomic E-state index is 4.45. The van der Waals surface area contributed by atoms with Crippen LogP contribution in [0.2, 0.25) is 0 Å². The predicted octanol–water partition coefficient (Wildman–Crippen LogP) is 3.37. The van der Waals surface area contributed by atoms with Crippen LogP contribution in [0, 0.1) is 0 Å². The summed E-state index contributed by atoms with van der Waals surface area (Å²) in [4.78, 5) is 4.45. The van der Waals surface area contributed by atoms with Crippen LogP contribution < -0.4 is 5.32 Å². The lowest BCUT2D eigenvalue weighted by Gasteiger charge is -2.18. The van der Waals surface area contributed by atoms with Gasteiger partial charge in [0.25, 0.3) is 0 Å². The molecule has 0 aliphatic rings. The summed E-state index contributed by atoms with van der Waals surface area (Å²) in [7, 11) is 0. The quantitative estimate of drug-likeness (QED) is 0.580. The Bertz CT molecular complexity index is 515. The molecular weight excluding hydrogens is 234 g/mol. The highest BCUT2D eigenvalue weighted by atomic mass is 15.1. The fourth-order valence-electron chi connectivity index (χ4n) is 2.45. The molecule has 2 aromatic rings. The zero-order valence-electron chi connectivity index (χ0n) is 11.7. The van der Waals surface area contributed by atoms with Crippen LogP contribution >= 0.6 is 0 Å². The zero-order chi connectivity index (χ0) is 13.5. The van der Waals surface area contributed by atoms with Crippen LogP contribution in [-0.4, -0.2) is 22.1 Å². The van der Waals surface area contributed by atoms with E-state index in [0.717, 1.165) is 25.0 Å². The van der Waals surface area contributed by atoms with Crippen LogP contribution in [0.25, 0.3) is 11.0 Å². The molecule has 1 aromatic heterocycles. The number of imidazole rings is 1. The minimum absolute atomic E-state index is 0.502. The minimum atomic E-state index is 0.502. The van der Waals surface area contributed by atoms with Gasteiger partial charge in [0.1, 0.15) is 0 Å². The molecule has 1 atom stereocenters. The standard InChI is InChI=1S/C16H23N3/c1-3-5-6-9-14(17-4-2)12-19-13-18-15-10-7-8-11-16(15)19/h3,7-8,10-11,13-14,17H,1,4-6,9,12H2,2H3. The van der Waals surface area contributed by atoms with Gasteiger partial charge in [-0.15, -0.1) is 6.58 Å². The highest BCUT2D eigenvalue weighted by Gasteiger charge is 2.09. The van der Waals surface area contributed by atoms with E-state index in [2.05, 4.69) is 46.6 Å². The topological polar surface area (TPSA) is 29.9 Å². The van der Waals surface area contributed by atoms with Gasteiger partial charge < -0.3 is 9.88 Å². The molecule has 0 fully saturated rings. The molecule has 0 bridgehead atoms. The number of aromatic nitrogens is 2. The first-order chi connectivity index (χ1) is 9.35. The van der Waals surface area contributed by atoms with E-state index >= 15 is 0 Å². The van der Waals surface area contributed by atoms with Crippen molar-refractivity contribution in [2.45, 2.75) is 38.8 Å². The largest absolute Gasteiger partial charge is 0.329 e. The Kier molecular flexibility index (Phi) is 5.16. The van der Waals surface area contributed by atoms with Crippen LogP contribution in [0.4, 0.5) is 0 Å². The minimum Gasteiger partial charge on any atom is -0.329 e. The fraction of sp³-hybridized carbons (Fsp3) is 0.438. The summed E-state index contributed by atoms with van der Waals surface area (Å²) in [6, 6.07) is 8.80. The highest BCUT2D eigenvalue weighted by molar-refractivity contribution is 5.74. The zero-order valence-corrected chi connectivity index (χ0v) is 11.7. The molecule has 1 N–H and O–H groups in total. The summed E-state index contributed by atoms with van der Waals surface area (Å²) in [5.74, 6) is 0. The van der Waals surface area contributed by atoms with E-state index in [-0.39, 0.29) is 0 Å². The maximum absolute atomic E-state index is 4.45. The van der Waals surface area contributed by atoms with Gasteiger partial charge in [0.15, 0.2) is 0 Å². The highest BCUT2D eigenvalue weighted by Crippen LogP contribution is 2.13. The predicted molar refractivity (Wildman–Crippen MR) is 81.2 cm³/mol. The van der Waals surface area contributed by atoms with Gasteiger partial charge >= 0.3 is 0 Å². The summed E-state index contributed by atoms with van der Waals surface area (Å²) >= 11 is 0. The summed E-state index contributed by atoms with van der Waals surface area (Å²) in [6.45, 7) is 7.93. The lowest BCUT2D eigenvalue weighted by molar-refractivity contribution is 0.428. The van der Waals surface area contributed by atoms with Crippen LogP contribution in [0.15, 0.2) is 43.2 Å². The molecule has 0 aliphatic heterocycles. The third kappa shape index (κ3) is 3.67. The second kappa shape index (κ2) is 7.10. The Balaban J connectivity index is 2.05. The summed E-state index contributed by atoms with van der Waals surface area (Å²) in [6.07, 6.45) is 7.39. The lowest BCUT2D eigenvalue weighted by atomic mass is 10.1. The lowest BCUT2D eigenvalue weighted by Crippen LogP contribution is -2.32. The smallest absolute Gasteiger partial charge is 0.0958 e. The summed E-state index contributed by atoms with van der Waals surface area (Å²) in [5.41, 5.74) is 2.29. The molecule has 102 valence electrons. The summed E-state index contributed by atoms with van der Waals surface area (Å²) < 4.78 is 2.25. The normalized spacial score (nSPS) is 12.7. The van der Waals surface area contributed by atoms with Crippen molar-refractivity contribution in [3.8, 4) is 0 Å². The van der Waals surface area contributed by atoms with Gasteiger partial charge in [-0.05, 0) is 37.9 Å². The van der Waals surface area contributed by atoms with Crippen LogP contribution in [-0.2, 0) is 6.54 Å². The number of likely N-dealkylation sites (N-methyl/N-ethyl adjacent to an activating group) is 1. The average Bonchev–Trinajstić information content (AvgIpc) is 2.83. The third-order valence-electron chi connectivity index (χ3n) is 3.40. The molecular formula is C16H23N3. The molecule has 3 nitrogen and oxygen atoms in total. The molecule has 0 amide bonds. The monoisotopic (exact) mass is 257 g/mol. The first kappa shape index (κ1) is 13.8. The second-order valence-corrected chi connectivity index (χ2v) is 4.86. The molecule has 19 heavy (non-hydrogen) atoms. The van der Waals surface area contributed by atoms with Crippen LogP contribution in [0.1, 0.15) is 26.2 Å². The van der Waals surface area contributed by atoms with Crippen molar-refractivity contribution in [2.24, 2.45) is 0 Å². The third-order valence-corrected chi connectivity index (χ3v) is 3.40. The second-order valence-electron chi connectivity index (χ2n) is 4.86. The van der Waals surface area contributed by atoms with E-state index in [1.807, 2.05) is 18.5 Å². The van der Waals surface area contributed by atoms with Gasteiger partial charge in [0.05, 0.1) is 17.4 Å².